The Bertz CT molecular complexity index is 706. The molecule has 1 fully saturated rings. The molecule has 33 heavy (non-hydrogen) atoms. The van der Waals surface area contributed by atoms with Crippen molar-refractivity contribution in [2.24, 2.45) is 0 Å². The first kappa shape index (κ1) is 28.3. The van der Waals surface area contributed by atoms with E-state index in [0.717, 1.165) is 12.8 Å². The molecule has 1 saturated carbocycles. The van der Waals surface area contributed by atoms with Crippen molar-refractivity contribution in [2.75, 3.05) is 32.7 Å². The van der Waals surface area contributed by atoms with Crippen molar-refractivity contribution in [3.63, 3.8) is 0 Å². The minimum Gasteiger partial charge on any atom is -0.480 e. The van der Waals surface area contributed by atoms with Gasteiger partial charge < -0.3 is 26.0 Å². The average molecular weight is 473 g/mol. The summed E-state index contributed by atoms with van der Waals surface area (Å²) in [4.78, 5) is 61.2. The number of nitrogens with one attached hydrogen (secondary N) is 2. The molecule has 12 heteroatoms. The van der Waals surface area contributed by atoms with Crippen LogP contribution in [0.4, 0.5) is 0 Å². The summed E-state index contributed by atoms with van der Waals surface area (Å²) < 4.78 is 0. The fourth-order valence-electron chi connectivity index (χ4n) is 4.08. The normalized spacial score (nSPS) is 18.7. The number of rotatable bonds is 13. The van der Waals surface area contributed by atoms with Gasteiger partial charge in [-0.15, -0.1) is 0 Å². The van der Waals surface area contributed by atoms with E-state index in [1.165, 1.54) is 9.80 Å². The van der Waals surface area contributed by atoms with Gasteiger partial charge in [-0.05, 0) is 33.6 Å². The van der Waals surface area contributed by atoms with Crippen molar-refractivity contribution in [1.82, 2.24) is 20.4 Å². The molecule has 0 bridgehead atoms. The Labute approximate surface area is 193 Å². The summed E-state index contributed by atoms with van der Waals surface area (Å²) in [6.07, 6.45) is 2.57. The van der Waals surface area contributed by atoms with Gasteiger partial charge in [-0.3, -0.25) is 33.8 Å². The maximum atomic E-state index is 12.5. The third kappa shape index (κ3) is 11.6. The summed E-state index contributed by atoms with van der Waals surface area (Å²) in [5.74, 6) is -4.21. The lowest BCUT2D eigenvalue weighted by Gasteiger charge is -2.43. The topological polar surface area (TPSA) is 177 Å². The van der Waals surface area contributed by atoms with Crippen molar-refractivity contribution in [3.8, 4) is 0 Å². The molecule has 0 saturated heterocycles. The smallest absolute Gasteiger partial charge is 0.317 e. The highest BCUT2D eigenvalue weighted by atomic mass is 16.4. The Morgan fingerprint density at radius 1 is 0.758 bits per heavy atom. The Balaban J connectivity index is 2.87. The van der Waals surface area contributed by atoms with Crippen LogP contribution < -0.4 is 10.6 Å². The van der Waals surface area contributed by atoms with E-state index in [-0.39, 0.29) is 25.4 Å². The Morgan fingerprint density at radius 3 is 1.58 bits per heavy atom. The third-order valence-corrected chi connectivity index (χ3v) is 5.18. The number of carbonyl (C=O) groups excluding carboxylic acids is 2. The second kappa shape index (κ2) is 13.1. The van der Waals surface area contributed by atoms with Crippen LogP contribution in [0, 0.1) is 0 Å². The van der Waals surface area contributed by atoms with Crippen LogP contribution in [0.5, 0.6) is 0 Å². The quantitative estimate of drug-likeness (QED) is 0.236. The lowest BCUT2D eigenvalue weighted by Crippen LogP contribution is -2.58. The van der Waals surface area contributed by atoms with Crippen molar-refractivity contribution in [2.45, 2.75) is 70.5 Å². The molecule has 0 heterocycles. The largest absolute Gasteiger partial charge is 0.480 e. The van der Waals surface area contributed by atoms with Gasteiger partial charge >= 0.3 is 17.9 Å². The molecular weight excluding hydrogens is 436 g/mol. The van der Waals surface area contributed by atoms with Crippen LogP contribution >= 0.6 is 0 Å². The number of carbonyl (C=O) groups is 5. The average Bonchev–Trinajstić information content (AvgIpc) is 2.64. The first-order valence-corrected chi connectivity index (χ1v) is 11.0. The molecule has 2 unspecified atom stereocenters. The van der Waals surface area contributed by atoms with E-state index in [9.17, 15) is 39.3 Å². The molecule has 0 aromatic carbocycles. The molecular formula is C21H36N4O8. The summed E-state index contributed by atoms with van der Waals surface area (Å²) in [5.41, 5.74) is -0.396. The zero-order chi connectivity index (χ0) is 25.2. The summed E-state index contributed by atoms with van der Waals surface area (Å²) in [7, 11) is 0. The van der Waals surface area contributed by atoms with E-state index < -0.39 is 61.1 Å². The number of nitrogens with zero attached hydrogens (tertiary/aromatic N) is 2. The molecule has 2 atom stereocenters. The van der Waals surface area contributed by atoms with Gasteiger partial charge in [0.15, 0.2) is 0 Å². The zero-order valence-electron chi connectivity index (χ0n) is 19.5. The molecule has 188 valence electrons. The van der Waals surface area contributed by atoms with Crippen LogP contribution in [0.15, 0.2) is 0 Å². The molecule has 1 aliphatic carbocycles. The molecule has 1 rings (SSSR count). The second-order valence-corrected chi connectivity index (χ2v) is 9.31. The van der Waals surface area contributed by atoms with E-state index >= 15 is 0 Å². The van der Waals surface area contributed by atoms with Crippen molar-refractivity contribution >= 4 is 29.7 Å². The van der Waals surface area contributed by atoms with Crippen LogP contribution in [-0.4, -0.2) is 105 Å². The predicted octanol–water partition coefficient (Wildman–Crippen LogP) is -0.424. The number of hydrogen-bond acceptors (Lipinski definition) is 7. The lowest BCUT2D eigenvalue weighted by atomic mass is 9.87. The highest BCUT2D eigenvalue weighted by Crippen LogP contribution is 2.27. The van der Waals surface area contributed by atoms with Gasteiger partial charge in [-0.2, -0.15) is 0 Å². The summed E-state index contributed by atoms with van der Waals surface area (Å²) in [6.45, 7) is 3.89. The van der Waals surface area contributed by atoms with E-state index in [4.69, 9.17) is 0 Å². The Kier molecular flexibility index (Phi) is 11.2. The number of aliphatic carboxylic acids is 3. The summed E-state index contributed by atoms with van der Waals surface area (Å²) >= 11 is 0. The Hall–Kier alpha value is -2.73. The standard InChI is InChI=1S/C21H36N4O8/c1-21(2,3)23-16(26)8-9-22-17(27)10-24(11-18(28)29)14-6-4-5-7-15(14)25(12-19(30)31)13-20(32)33/h14-15H,4-13H2,1-3H3,(H,22,27)(H,23,26)(H,28,29)(H,30,31)(H,32,33). The van der Waals surface area contributed by atoms with Gasteiger partial charge in [-0.1, -0.05) is 12.8 Å². The number of hydrogen-bond donors (Lipinski definition) is 5. The molecule has 0 aromatic rings. The van der Waals surface area contributed by atoms with Crippen molar-refractivity contribution in [1.29, 1.82) is 0 Å². The van der Waals surface area contributed by atoms with Gasteiger partial charge in [-0.25, -0.2) is 0 Å². The summed E-state index contributed by atoms with van der Waals surface area (Å²) in [5, 5.41) is 33.2. The van der Waals surface area contributed by atoms with Crippen LogP contribution in [0.1, 0.15) is 52.9 Å². The number of amides is 2. The molecule has 5 N–H and O–H groups in total. The predicted molar refractivity (Wildman–Crippen MR) is 118 cm³/mol. The van der Waals surface area contributed by atoms with Crippen LogP contribution in [-0.2, 0) is 24.0 Å². The maximum absolute atomic E-state index is 12.5. The molecule has 12 nitrogen and oxygen atoms in total. The number of carboxylic acids is 3. The zero-order valence-corrected chi connectivity index (χ0v) is 19.5. The third-order valence-electron chi connectivity index (χ3n) is 5.18. The molecule has 0 radical (unpaired) electrons. The highest BCUT2D eigenvalue weighted by molar-refractivity contribution is 5.81. The molecule has 0 aliphatic heterocycles. The van der Waals surface area contributed by atoms with Gasteiger partial charge in [0, 0.05) is 30.6 Å². The van der Waals surface area contributed by atoms with E-state index in [0.29, 0.717) is 12.8 Å². The molecule has 0 aromatic heterocycles. The minimum atomic E-state index is -1.18. The first-order chi connectivity index (χ1) is 15.3. The fourth-order valence-corrected chi connectivity index (χ4v) is 4.08. The van der Waals surface area contributed by atoms with Crippen molar-refractivity contribution in [3.05, 3.63) is 0 Å². The lowest BCUT2D eigenvalue weighted by molar-refractivity contribution is -0.147. The van der Waals surface area contributed by atoms with Crippen LogP contribution in [0.3, 0.4) is 0 Å². The monoisotopic (exact) mass is 472 g/mol. The SMILES string of the molecule is CC(C)(C)NC(=O)CCNC(=O)CN(CC(=O)O)C1CCCCC1N(CC(=O)O)CC(=O)O. The minimum absolute atomic E-state index is 0.0684. The maximum Gasteiger partial charge on any atom is 0.317 e. The number of carboxylic acid groups (broad SMARTS) is 3. The highest BCUT2D eigenvalue weighted by Gasteiger charge is 2.37. The van der Waals surface area contributed by atoms with Gasteiger partial charge in [0.25, 0.3) is 0 Å². The van der Waals surface area contributed by atoms with Gasteiger partial charge in [0.1, 0.15) is 0 Å². The molecule has 0 spiro atoms. The van der Waals surface area contributed by atoms with Crippen LogP contribution in [0.2, 0.25) is 0 Å². The summed E-state index contributed by atoms with van der Waals surface area (Å²) in [6, 6.07) is -1.01. The second-order valence-electron chi connectivity index (χ2n) is 9.31. The molecule has 2 amide bonds. The first-order valence-electron chi connectivity index (χ1n) is 11.0. The fraction of sp³-hybridized carbons (Fsp3) is 0.762. The van der Waals surface area contributed by atoms with E-state index in [1.807, 2.05) is 20.8 Å². The van der Waals surface area contributed by atoms with E-state index in [1.54, 1.807) is 0 Å². The Morgan fingerprint density at radius 2 is 1.18 bits per heavy atom. The van der Waals surface area contributed by atoms with E-state index in [2.05, 4.69) is 10.6 Å². The molecule has 1 aliphatic rings. The van der Waals surface area contributed by atoms with Gasteiger partial charge in [0.05, 0.1) is 26.2 Å². The van der Waals surface area contributed by atoms with Gasteiger partial charge in [0.2, 0.25) is 11.8 Å². The van der Waals surface area contributed by atoms with Crippen molar-refractivity contribution < 1.29 is 39.3 Å². The van der Waals surface area contributed by atoms with Crippen LogP contribution in [0.25, 0.3) is 0 Å².